The fourth-order valence-corrected chi connectivity index (χ4v) is 5.27. The van der Waals surface area contributed by atoms with E-state index in [4.69, 9.17) is 6.57 Å². The first kappa shape index (κ1) is 34.1. The van der Waals surface area contributed by atoms with Gasteiger partial charge in [0.2, 0.25) is 0 Å². The molecule has 0 spiro atoms. The van der Waals surface area contributed by atoms with Crippen molar-refractivity contribution >= 4 is 53.6 Å². The van der Waals surface area contributed by atoms with E-state index < -0.39 is 15.7 Å². The SMILES string of the molecule is Brc1ccc(-n2cncc2-c2ccncc2)cc1.Brc1ccc(N=Cc2ccncc2)cc1.[C-]#[N+]CS(=O)(=O)c1ccc(C)cc1. The Balaban J connectivity index is 0.000000159. The lowest BCUT2D eigenvalue weighted by atomic mass is 10.2. The van der Waals surface area contributed by atoms with E-state index in [-0.39, 0.29) is 4.90 Å². The van der Waals surface area contributed by atoms with Crippen molar-refractivity contribution in [2.75, 3.05) is 5.88 Å². The van der Waals surface area contributed by atoms with Gasteiger partial charge in [0.15, 0.2) is 0 Å². The summed E-state index contributed by atoms with van der Waals surface area (Å²) in [7, 11) is -3.38. The molecule has 0 unspecified atom stereocenters. The van der Waals surface area contributed by atoms with Gasteiger partial charge in [-0.05, 0) is 97.4 Å². The summed E-state index contributed by atoms with van der Waals surface area (Å²) in [6.07, 6.45) is 12.6. The van der Waals surface area contributed by atoms with Crippen molar-refractivity contribution in [3.8, 4) is 16.9 Å². The van der Waals surface area contributed by atoms with Crippen LogP contribution in [0.5, 0.6) is 0 Å². The largest absolute Gasteiger partial charge is 0.316 e. The Bertz CT molecular complexity index is 1990. The minimum atomic E-state index is -3.38. The van der Waals surface area contributed by atoms with Gasteiger partial charge in [0, 0.05) is 51.2 Å². The summed E-state index contributed by atoms with van der Waals surface area (Å²) in [5.74, 6) is -0.476. The van der Waals surface area contributed by atoms with Crippen molar-refractivity contribution in [2.24, 2.45) is 4.99 Å². The van der Waals surface area contributed by atoms with Crippen molar-refractivity contribution in [1.29, 1.82) is 0 Å². The van der Waals surface area contributed by atoms with Crippen LogP contribution in [-0.4, -0.2) is 40.0 Å². The van der Waals surface area contributed by atoms with E-state index in [0.29, 0.717) is 0 Å². The van der Waals surface area contributed by atoms with Crippen LogP contribution in [0.2, 0.25) is 0 Å². The predicted octanol–water partition coefficient (Wildman–Crippen LogP) is 8.94. The quantitative estimate of drug-likeness (QED) is 0.125. The van der Waals surface area contributed by atoms with E-state index in [1.165, 1.54) is 12.1 Å². The standard InChI is InChI=1S/C14H10BrN3.C12H9BrN2.C9H9NO2S/c15-12-1-3-13(4-2-12)18-10-17-9-14(18)11-5-7-16-8-6-11;13-11-1-3-12(4-2-11)15-9-10-5-7-14-8-6-10;1-8-3-5-9(6-4-8)13(11,12)7-10-2/h1-10H;1-9H;3-6H,7H2,1H3. The van der Waals surface area contributed by atoms with Crippen molar-refractivity contribution < 1.29 is 8.42 Å². The molecule has 6 aromatic rings. The number of sulfone groups is 1. The van der Waals surface area contributed by atoms with Crippen molar-refractivity contribution in [3.05, 3.63) is 166 Å². The lowest BCUT2D eigenvalue weighted by Crippen LogP contribution is -2.02. The number of pyridine rings is 2. The lowest BCUT2D eigenvalue weighted by molar-refractivity contribution is 0.599. The van der Waals surface area contributed by atoms with Gasteiger partial charge >= 0.3 is 5.88 Å². The zero-order valence-corrected chi connectivity index (χ0v) is 28.6. The highest BCUT2D eigenvalue weighted by Crippen LogP contribution is 2.23. The zero-order chi connectivity index (χ0) is 32.8. The topological polar surface area (TPSA) is 94.5 Å². The molecule has 230 valence electrons. The van der Waals surface area contributed by atoms with Crippen molar-refractivity contribution in [2.45, 2.75) is 11.8 Å². The summed E-state index contributed by atoms with van der Waals surface area (Å²) in [4.78, 5) is 19.6. The maximum Gasteiger partial charge on any atom is 0.316 e. The minimum absolute atomic E-state index is 0.217. The minimum Gasteiger partial charge on any atom is -0.299 e. The van der Waals surface area contributed by atoms with Crippen LogP contribution in [0.3, 0.4) is 0 Å². The van der Waals surface area contributed by atoms with Crippen LogP contribution in [0.1, 0.15) is 11.1 Å². The second kappa shape index (κ2) is 17.1. The number of imidazole rings is 1. The van der Waals surface area contributed by atoms with E-state index >= 15 is 0 Å². The van der Waals surface area contributed by atoms with E-state index in [1.54, 1.807) is 36.9 Å². The third-order valence-corrected chi connectivity index (χ3v) is 8.75. The van der Waals surface area contributed by atoms with Crippen LogP contribution >= 0.6 is 31.9 Å². The number of hydrogen-bond acceptors (Lipinski definition) is 6. The first-order chi connectivity index (χ1) is 22.2. The number of aliphatic imine (C=N–C) groups is 1. The van der Waals surface area contributed by atoms with Crippen LogP contribution in [-0.2, 0) is 9.84 Å². The van der Waals surface area contributed by atoms with Crippen molar-refractivity contribution in [3.63, 3.8) is 0 Å². The molecule has 0 N–H and O–H groups in total. The van der Waals surface area contributed by atoms with Crippen LogP contribution in [0, 0.1) is 13.5 Å². The zero-order valence-electron chi connectivity index (χ0n) is 24.7. The van der Waals surface area contributed by atoms with E-state index in [9.17, 15) is 8.42 Å². The Morgan fingerprint density at radius 1 is 0.783 bits per heavy atom. The summed E-state index contributed by atoms with van der Waals surface area (Å²) < 4.78 is 26.8. The van der Waals surface area contributed by atoms with E-state index in [1.807, 2.05) is 86.3 Å². The van der Waals surface area contributed by atoms with Gasteiger partial charge in [-0.2, -0.15) is 0 Å². The predicted molar refractivity (Wildman–Crippen MR) is 190 cm³/mol. The molecule has 0 radical (unpaired) electrons. The molecular weight excluding hydrogens is 728 g/mol. The van der Waals surface area contributed by atoms with E-state index in [0.717, 1.165) is 42.7 Å². The van der Waals surface area contributed by atoms with Gasteiger partial charge in [0.25, 0.3) is 9.84 Å². The van der Waals surface area contributed by atoms with Gasteiger partial charge in [-0.3, -0.25) is 24.4 Å². The summed E-state index contributed by atoms with van der Waals surface area (Å²) >= 11 is 6.82. The van der Waals surface area contributed by atoms with Gasteiger partial charge < -0.3 is 0 Å². The Morgan fingerprint density at radius 3 is 1.93 bits per heavy atom. The van der Waals surface area contributed by atoms with Gasteiger partial charge in [0.1, 0.15) is 0 Å². The van der Waals surface area contributed by atoms with Crippen LogP contribution < -0.4 is 0 Å². The number of benzene rings is 3. The molecule has 0 saturated heterocycles. The highest BCUT2D eigenvalue weighted by molar-refractivity contribution is 9.10. The molecule has 0 aliphatic rings. The molecule has 3 aromatic carbocycles. The molecule has 8 nitrogen and oxygen atoms in total. The molecule has 0 aliphatic heterocycles. The normalized spacial score (nSPS) is 10.7. The first-order valence-corrected chi connectivity index (χ1v) is 17.0. The monoisotopic (exact) mass is 754 g/mol. The molecule has 0 bridgehead atoms. The third-order valence-electron chi connectivity index (χ3n) is 6.23. The maximum atomic E-state index is 11.3. The maximum absolute atomic E-state index is 11.3. The molecule has 3 aromatic heterocycles. The molecule has 46 heavy (non-hydrogen) atoms. The van der Waals surface area contributed by atoms with Crippen LogP contribution in [0.25, 0.3) is 21.8 Å². The smallest absolute Gasteiger partial charge is 0.299 e. The average Bonchev–Trinajstić information content (AvgIpc) is 3.57. The second-order valence-corrected chi connectivity index (χ2v) is 13.4. The Hall–Kier alpha value is -4.76. The Kier molecular flexibility index (Phi) is 12.7. The average molecular weight is 757 g/mol. The number of rotatable bonds is 6. The molecule has 0 fully saturated rings. The third kappa shape index (κ3) is 10.4. The summed E-state index contributed by atoms with van der Waals surface area (Å²) in [5, 5.41) is 0. The van der Waals surface area contributed by atoms with Gasteiger partial charge in [0.05, 0.1) is 28.8 Å². The molecule has 11 heteroatoms. The number of halogens is 2. The summed E-state index contributed by atoms with van der Waals surface area (Å²) in [6.45, 7) is 8.38. The Morgan fingerprint density at radius 2 is 1.35 bits per heavy atom. The highest BCUT2D eigenvalue weighted by atomic mass is 79.9. The van der Waals surface area contributed by atoms with E-state index in [2.05, 4.69) is 73.3 Å². The van der Waals surface area contributed by atoms with Gasteiger partial charge in [-0.1, -0.05) is 49.6 Å². The first-order valence-electron chi connectivity index (χ1n) is 13.8. The molecule has 3 heterocycles. The molecule has 6 rings (SSSR count). The fourth-order valence-electron chi connectivity index (χ4n) is 3.87. The lowest BCUT2D eigenvalue weighted by Gasteiger charge is -2.08. The highest BCUT2D eigenvalue weighted by Gasteiger charge is 2.16. The Labute approximate surface area is 285 Å². The summed E-state index contributed by atoms with van der Waals surface area (Å²) in [5.41, 5.74) is 6.23. The molecule has 0 amide bonds. The number of nitrogens with zero attached hydrogens (tertiary/aromatic N) is 6. The van der Waals surface area contributed by atoms with Gasteiger partial charge in [-0.15, -0.1) is 0 Å². The fraction of sp³-hybridized carbons (Fsp3) is 0.0571. The molecule has 0 aliphatic carbocycles. The number of hydrogen-bond donors (Lipinski definition) is 0. The van der Waals surface area contributed by atoms with Gasteiger partial charge in [-0.25, -0.2) is 20.0 Å². The molecular formula is C35H28Br2N6O2S. The van der Waals surface area contributed by atoms with Crippen LogP contribution in [0.15, 0.2) is 153 Å². The molecule has 0 saturated carbocycles. The van der Waals surface area contributed by atoms with Crippen molar-refractivity contribution in [1.82, 2.24) is 19.5 Å². The number of aryl methyl sites for hydroxylation is 1. The molecule has 0 atom stereocenters. The summed E-state index contributed by atoms with van der Waals surface area (Å²) in [6, 6.07) is 30.3. The second-order valence-electron chi connectivity index (χ2n) is 9.59. The van der Waals surface area contributed by atoms with Crippen LogP contribution in [0.4, 0.5) is 5.69 Å². The number of aromatic nitrogens is 4.